The van der Waals surface area contributed by atoms with Crippen molar-refractivity contribution in [3.8, 4) is 0 Å². The van der Waals surface area contributed by atoms with Crippen molar-refractivity contribution < 1.29 is 4.79 Å². The minimum atomic E-state index is 0.334. The SMILES string of the molecule is CCC(C=O)C1CCCCCCCCCC1. The number of rotatable bonds is 3. The molecular formula is C15H28O. The van der Waals surface area contributed by atoms with Crippen molar-refractivity contribution in [3.63, 3.8) is 0 Å². The molecule has 0 aromatic heterocycles. The molecule has 16 heavy (non-hydrogen) atoms. The summed E-state index contributed by atoms with van der Waals surface area (Å²) in [5, 5.41) is 0. The Bertz CT molecular complexity index is 164. The molecule has 0 spiro atoms. The van der Waals surface area contributed by atoms with Crippen LogP contribution in [0, 0.1) is 11.8 Å². The predicted octanol–water partition coefficient (Wildman–Crippen LogP) is 4.74. The minimum absolute atomic E-state index is 0.334. The lowest BCUT2D eigenvalue weighted by Gasteiger charge is -2.21. The second kappa shape index (κ2) is 8.78. The Kier molecular flexibility index (Phi) is 7.54. The van der Waals surface area contributed by atoms with Gasteiger partial charge in [0.05, 0.1) is 0 Å². The molecule has 1 nitrogen and oxygen atoms in total. The van der Waals surface area contributed by atoms with Gasteiger partial charge < -0.3 is 4.79 Å². The molecule has 0 amide bonds. The summed E-state index contributed by atoms with van der Waals surface area (Å²) in [7, 11) is 0. The highest BCUT2D eigenvalue weighted by molar-refractivity contribution is 5.53. The molecular weight excluding hydrogens is 196 g/mol. The van der Waals surface area contributed by atoms with E-state index in [0.29, 0.717) is 11.8 Å². The molecule has 0 aliphatic heterocycles. The van der Waals surface area contributed by atoms with Gasteiger partial charge in [0.25, 0.3) is 0 Å². The molecule has 1 heteroatoms. The monoisotopic (exact) mass is 224 g/mol. The maximum absolute atomic E-state index is 11.1. The second-order valence-electron chi connectivity index (χ2n) is 5.37. The van der Waals surface area contributed by atoms with Gasteiger partial charge in [-0.25, -0.2) is 0 Å². The third kappa shape index (κ3) is 5.14. The summed E-state index contributed by atoms with van der Waals surface area (Å²) in [6, 6.07) is 0. The highest BCUT2D eigenvalue weighted by atomic mass is 16.1. The van der Waals surface area contributed by atoms with Crippen molar-refractivity contribution >= 4 is 6.29 Å². The van der Waals surface area contributed by atoms with Crippen LogP contribution in [-0.4, -0.2) is 6.29 Å². The molecule has 0 aromatic carbocycles. The van der Waals surface area contributed by atoms with E-state index >= 15 is 0 Å². The Labute approximate surface area is 101 Å². The van der Waals surface area contributed by atoms with Gasteiger partial charge in [-0.05, 0) is 25.2 Å². The Morgan fingerprint density at radius 1 is 0.938 bits per heavy atom. The average molecular weight is 224 g/mol. The van der Waals surface area contributed by atoms with Crippen molar-refractivity contribution in [1.82, 2.24) is 0 Å². The van der Waals surface area contributed by atoms with E-state index in [1.165, 1.54) is 70.5 Å². The molecule has 0 radical (unpaired) electrons. The largest absolute Gasteiger partial charge is 0.303 e. The number of hydrogen-bond acceptors (Lipinski definition) is 1. The zero-order chi connectivity index (χ0) is 11.6. The van der Waals surface area contributed by atoms with Gasteiger partial charge in [-0.15, -0.1) is 0 Å². The highest BCUT2D eigenvalue weighted by Crippen LogP contribution is 2.27. The lowest BCUT2D eigenvalue weighted by atomic mass is 9.83. The summed E-state index contributed by atoms with van der Waals surface area (Å²) in [5.74, 6) is 1.02. The van der Waals surface area contributed by atoms with Crippen LogP contribution >= 0.6 is 0 Å². The molecule has 1 aliphatic carbocycles. The van der Waals surface area contributed by atoms with Gasteiger partial charge in [-0.3, -0.25) is 0 Å². The van der Waals surface area contributed by atoms with Gasteiger partial charge in [-0.2, -0.15) is 0 Å². The lowest BCUT2D eigenvalue weighted by Crippen LogP contribution is -2.15. The molecule has 1 aliphatic rings. The molecule has 0 saturated heterocycles. The number of carbonyl (C=O) groups excluding carboxylic acids is 1. The van der Waals surface area contributed by atoms with E-state index in [2.05, 4.69) is 6.92 Å². The fourth-order valence-corrected chi connectivity index (χ4v) is 2.99. The van der Waals surface area contributed by atoms with Crippen molar-refractivity contribution in [2.45, 2.75) is 77.6 Å². The zero-order valence-electron chi connectivity index (χ0n) is 10.9. The number of carbonyl (C=O) groups is 1. The fraction of sp³-hybridized carbons (Fsp3) is 0.933. The molecule has 0 aromatic rings. The molecule has 0 N–H and O–H groups in total. The predicted molar refractivity (Wildman–Crippen MR) is 69.5 cm³/mol. The standard InChI is InChI=1S/C15H28O/c1-2-14(13-16)15-11-9-7-5-3-4-6-8-10-12-15/h13-15H,2-12H2,1H3. The van der Waals surface area contributed by atoms with Gasteiger partial charge >= 0.3 is 0 Å². The molecule has 1 unspecified atom stereocenters. The smallest absolute Gasteiger partial charge is 0.123 e. The van der Waals surface area contributed by atoms with Crippen LogP contribution in [0.1, 0.15) is 77.6 Å². The van der Waals surface area contributed by atoms with Crippen molar-refractivity contribution in [2.75, 3.05) is 0 Å². The second-order valence-corrected chi connectivity index (χ2v) is 5.37. The summed E-state index contributed by atoms with van der Waals surface area (Å²) in [4.78, 5) is 11.1. The quantitative estimate of drug-likeness (QED) is 0.633. The molecule has 0 bridgehead atoms. The maximum Gasteiger partial charge on any atom is 0.123 e. The maximum atomic E-state index is 11.1. The highest BCUT2D eigenvalue weighted by Gasteiger charge is 2.18. The first-order valence-corrected chi connectivity index (χ1v) is 7.33. The van der Waals surface area contributed by atoms with E-state index in [-0.39, 0.29) is 0 Å². The minimum Gasteiger partial charge on any atom is -0.303 e. The Morgan fingerprint density at radius 2 is 1.38 bits per heavy atom. The summed E-state index contributed by atoms with van der Waals surface area (Å²) in [6.07, 6.45) is 15.9. The molecule has 1 saturated carbocycles. The Morgan fingerprint density at radius 3 is 1.75 bits per heavy atom. The lowest BCUT2D eigenvalue weighted by molar-refractivity contribution is -0.112. The molecule has 0 heterocycles. The van der Waals surface area contributed by atoms with E-state index in [1.807, 2.05) is 0 Å². The van der Waals surface area contributed by atoms with Gasteiger partial charge in [0.1, 0.15) is 6.29 Å². The van der Waals surface area contributed by atoms with Gasteiger partial charge in [0, 0.05) is 5.92 Å². The van der Waals surface area contributed by atoms with E-state index in [0.717, 1.165) is 6.42 Å². The summed E-state index contributed by atoms with van der Waals surface area (Å²) in [6.45, 7) is 2.16. The van der Waals surface area contributed by atoms with Gasteiger partial charge in [0.2, 0.25) is 0 Å². The van der Waals surface area contributed by atoms with Crippen LogP contribution in [-0.2, 0) is 4.79 Å². The van der Waals surface area contributed by atoms with Gasteiger partial charge in [0.15, 0.2) is 0 Å². The van der Waals surface area contributed by atoms with Crippen LogP contribution in [0.3, 0.4) is 0 Å². The van der Waals surface area contributed by atoms with Crippen LogP contribution in [0.5, 0.6) is 0 Å². The summed E-state index contributed by atoms with van der Waals surface area (Å²) < 4.78 is 0. The van der Waals surface area contributed by atoms with E-state index in [1.54, 1.807) is 0 Å². The molecule has 1 atom stereocenters. The Balaban J connectivity index is 2.40. The number of aldehydes is 1. The first-order valence-electron chi connectivity index (χ1n) is 7.33. The molecule has 94 valence electrons. The van der Waals surface area contributed by atoms with Crippen molar-refractivity contribution in [1.29, 1.82) is 0 Å². The van der Waals surface area contributed by atoms with Crippen LogP contribution in [0.2, 0.25) is 0 Å². The third-order valence-corrected chi connectivity index (χ3v) is 4.15. The first-order chi connectivity index (χ1) is 7.88. The zero-order valence-corrected chi connectivity index (χ0v) is 10.9. The topological polar surface area (TPSA) is 17.1 Å². The molecule has 1 rings (SSSR count). The van der Waals surface area contributed by atoms with E-state index < -0.39 is 0 Å². The summed E-state index contributed by atoms with van der Waals surface area (Å²) >= 11 is 0. The first kappa shape index (κ1) is 13.7. The average Bonchev–Trinajstić information content (AvgIpc) is 2.36. The third-order valence-electron chi connectivity index (χ3n) is 4.15. The van der Waals surface area contributed by atoms with Crippen molar-refractivity contribution in [3.05, 3.63) is 0 Å². The normalized spacial score (nSPS) is 23.3. The van der Waals surface area contributed by atoms with Crippen molar-refractivity contribution in [2.24, 2.45) is 11.8 Å². The van der Waals surface area contributed by atoms with E-state index in [4.69, 9.17) is 0 Å². The molecule has 1 fully saturated rings. The fourth-order valence-electron chi connectivity index (χ4n) is 2.99. The van der Waals surface area contributed by atoms with Crippen LogP contribution in [0.15, 0.2) is 0 Å². The van der Waals surface area contributed by atoms with Gasteiger partial charge in [-0.1, -0.05) is 58.3 Å². The van der Waals surface area contributed by atoms with Crippen LogP contribution in [0.25, 0.3) is 0 Å². The number of hydrogen-bond donors (Lipinski definition) is 0. The van der Waals surface area contributed by atoms with E-state index in [9.17, 15) is 4.79 Å². The van der Waals surface area contributed by atoms with Crippen LogP contribution in [0.4, 0.5) is 0 Å². The summed E-state index contributed by atoms with van der Waals surface area (Å²) in [5.41, 5.74) is 0. The van der Waals surface area contributed by atoms with Crippen LogP contribution < -0.4 is 0 Å². The Hall–Kier alpha value is -0.330.